The van der Waals surface area contributed by atoms with Gasteiger partial charge >= 0.3 is 0 Å². The molecule has 1 heterocycles. The van der Waals surface area contributed by atoms with Crippen LogP contribution in [0.25, 0.3) is 66.3 Å². The van der Waals surface area contributed by atoms with Gasteiger partial charge in [0.1, 0.15) is 0 Å². The molecule has 1 aromatic heterocycles. The monoisotopic (exact) mass is 397 g/mol. The van der Waals surface area contributed by atoms with Crippen molar-refractivity contribution in [2.75, 3.05) is 0 Å². The van der Waals surface area contributed by atoms with Gasteiger partial charge in [-0.25, -0.2) is 0 Å². The molecule has 0 aliphatic heterocycles. The Hall–Kier alpha value is -3.84. The molecule has 6 aromatic rings. The number of fused-ring (bicyclic) bond motifs is 10. The van der Waals surface area contributed by atoms with E-state index in [1.54, 1.807) is 0 Å². The Morgan fingerprint density at radius 2 is 1.10 bits per heavy atom. The largest absolute Gasteiger partial charge is 0.343 e. The van der Waals surface area contributed by atoms with Gasteiger partial charge in [-0.15, -0.1) is 0 Å². The fraction of sp³-hybridized carbons (Fsp3) is 0.0667. The standard InChI is InChI=1S/C30H23N/c1-4-12-20-19(5-2)27-28-24-16-9-6-13-21(24)23-15-8-11-18-26(23)30(28)31(3)29(27)25-17-10-7-14-22(20)25/h4-18H,2H2,1,3H3/b12-4-. The van der Waals surface area contributed by atoms with Crippen molar-refractivity contribution in [1.82, 2.24) is 4.57 Å². The molecule has 0 bridgehead atoms. The van der Waals surface area contributed by atoms with Crippen molar-refractivity contribution < 1.29 is 0 Å². The van der Waals surface area contributed by atoms with E-state index in [9.17, 15) is 0 Å². The second kappa shape index (κ2) is 6.58. The van der Waals surface area contributed by atoms with Crippen LogP contribution in [-0.2, 0) is 7.05 Å². The molecule has 0 amide bonds. The van der Waals surface area contributed by atoms with E-state index in [0.717, 1.165) is 0 Å². The smallest absolute Gasteiger partial charge is 0.0575 e. The van der Waals surface area contributed by atoms with E-state index in [-0.39, 0.29) is 0 Å². The molecular weight excluding hydrogens is 374 g/mol. The molecule has 0 unspecified atom stereocenters. The zero-order valence-electron chi connectivity index (χ0n) is 17.8. The Bertz CT molecular complexity index is 1710. The SMILES string of the molecule is C=Cc1c(/C=C\C)c2ccccc2c2c1c1c3ccccc3c3ccccc3c1n2C. The lowest BCUT2D eigenvalue weighted by Crippen LogP contribution is -1.92. The van der Waals surface area contributed by atoms with E-state index in [1.165, 1.54) is 65.3 Å². The Balaban J connectivity index is 2.08. The molecule has 31 heavy (non-hydrogen) atoms. The zero-order chi connectivity index (χ0) is 21.1. The zero-order valence-corrected chi connectivity index (χ0v) is 17.8. The third-order valence-corrected chi connectivity index (χ3v) is 6.63. The fourth-order valence-corrected chi connectivity index (χ4v) is 5.46. The maximum Gasteiger partial charge on any atom is 0.0575 e. The van der Waals surface area contributed by atoms with Gasteiger partial charge in [-0.2, -0.15) is 0 Å². The molecular formula is C30H23N. The van der Waals surface area contributed by atoms with Crippen LogP contribution < -0.4 is 0 Å². The average Bonchev–Trinajstić information content (AvgIpc) is 3.13. The van der Waals surface area contributed by atoms with Crippen molar-refractivity contribution in [3.05, 3.63) is 96.6 Å². The molecule has 0 saturated heterocycles. The summed E-state index contributed by atoms with van der Waals surface area (Å²) in [7, 11) is 2.21. The van der Waals surface area contributed by atoms with Crippen molar-refractivity contribution >= 4 is 66.3 Å². The summed E-state index contributed by atoms with van der Waals surface area (Å²) in [4.78, 5) is 0. The predicted molar refractivity (Wildman–Crippen MR) is 138 cm³/mol. The topological polar surface area (TPSA) is 4.93 Å². The molecule has 0 fully saturated rings. The summed E-state index contributed by atoms with van der Waals surface area (Å²) in [5.74, 6) is 0. The van der Waals surface area contributed by atoms with Crippen molar-refractivity contribution in [1.29, 1.82) is 0 Å². The summed E-state index contributed by atoms with van der Waals surface area (Å²) in [5, 5.41) is 10.3. The first-order chi connectivity index (χ1) is 15.3. The average molecular weight is 398 g/mol. The van der Waals surface area contributed by atoms with Crippen LogP contribution in [0.1, 0.15) is 18.1 Å². The Morgan fingerprint density at radius 3 is 1.71 bits per heavy atom. The predicted octanol–water partition coefficient (Wildman–Crippen LogP) is 8.47. The van der Waals surface area contributed by atoms with Gasteiger partial charge in [0.15, 0.2) is 0 Å². The third-order valence-electron chi connectivity index (χ3n) is 6.63. The lowest BCUT2D eigenvalue weighted by Gasteiger charge is -2.12. The summed E-state index contributed by atoms with van der Waals surface area (Å²) in [5.41, 5.74) is 5.01. The first kappa shape index (κ1) is 18.0. The van der Waals surface area contributed by atoms with E-state index >= 15 is 0 Å². The number of allylic oxidation sites excluding steroid dienone is 1. The number of rotatable bonds is 2. The van der Waals surface area contributed by atoms with Crippen molar-refractivity contribution in [2.45, 2.75) is 6.92 Å². The van der Waals surface area contributed by atoms with Gasteiger partial charge in [-0.05, 0) is 39.6 Å². The lowest BCUT2D eigenvalue weighted by molar-refractivity contribution is 1.02. The van der Waals surface area contributed by atoms with Gasteiger partial charge in [0.25, 0.3) is 0 Å². The van der Waals surface area contributed by atoms with Crippen LogP contribution in [0, 0.1) is 0 Å². The summed E-state index contributed by atoms with van der Waals surface area (Å²) in [6, 6.07) is 26.3. The van der Waals surface area contributed by atoms with Gasteiger partial charge < -0.3 is 4.57 Å². The van der Waals surface area contributed by atoms with Crippen molar-refractivity contribution in [2.24, 2.45) is 7.05 Å². The highest BCUT2D eigenvalue weighted by Gasteiger charge is 2.21. The van der Waals surface area contributed by atoms with E-state index in [4.69, 9.17) is 0 Å². The number of hydrogen-bond donors (Lipinski definition) is 0. The second-order valence-electron chi connectivity index (χ2n) is 8.17. The highest BCUT2D eigenvalue weighted by atomic mass is 14.9. The van der Waals surface area contributed by atoms with Crippen molar-refractivity contribution in [3.63, 3.8) is 0 Å². The van der Waals surface area contributed by atoms with E-state index in [0.29, 0.717) is 0 Å². The minimum absolute atomic E-state index is 1.21. The lowest BCUT2D eigenvalue weighted by atomic mass is 9.91. The molecule has 6 rings (SSSR count). The van der Waals surface area contributed by atoms with Crippen molar-refractivity contribution in [3.8, 4) is 0 Å². The highest BCUT2D eigenvalue weighted by Crippen LogP contribution is 2.45. The summed E-state index contributed by atoms with van der Waals surface area (Å²) >= 11 is 0. The third kappa shape index (κ3) is 2.26. The van der Waals surface area contributed by atoms with Gasteiger partial charge in [0, 0.05) is 28.6 Å². The Morgan fingerprint density at radius 1 is 0.613 bits per heavy atom. The van der Waals surface area contributed by atoms with E-state index < -0.39 is 0 Å². The summed E-state index contributed by atoms with van der Waals surface area (Å²) in [6.45, 7) is 6.33. The summed E-state index contributed by atoms with van der Waals surface area (Å²) < 4.78 is 2.40. The first-order valence-corrected chi connectivity index (χ1v) is 10.8. The quantitative estimate of drug-likeness (QED) is 0.258. The Labute approximate surface area is 181 Å². The van der Waals surface area contributed by atoms with E-state index in [2.05, 4.69) is 110 Å². The maximum absolute atomic E-state index is 4.25. The van der Waals surface area contributed by atoms with Gasteiger partial charge in [-0.1, -0.05) is 97.6 Å². The molecule has 0 radical (unpaired) electrons. The first-order valence-electron chi connectivity index (χ1n) is 10.8. The minimum Gasteiger partial charge on any atom is -0.343 e. The van der Waals surface area contributed by atoms with E-state index in [1.807, 2.05) is 6.08 Å². The summed E-state index contributed by atoms with van der Waals surface area (Å²) in [6.07, 6.45) is 6.38. The van der Waals surface area contributed by atoms with Crippen LogP contribution in [0.5, 0.6) is 0 Å². The molecule has 1 heteroatoms. The van der Waals surface area contributed by atoms with Gasteiger partial charge in [-0.3, -0.25) is 0 Å². The van der Waals surface area contributed by atoms with Crippen LogP contribution in [-0.4, -0.2) is 4.57 Å². The second-order valence-corrected chi connectivity index (χ2v) is 8.17. The molecule has 0 N–H and O–H groups in total. The Kier molecular flexibility index (Phi) is 3.82. The maximum atomic E-state index is 4.25. The molecule has 1 nitrogen and oxygen atoms in total. The normalized spacial score (nSPS) is 12.2. The molecule has 0 aliphatic rings. The van der Waals surface area contributed by atoms with Crippen LogP contribution in [0.3, 0.4) is 0 Å². The van der Waals surface area contributed by atoms with Crippen LogP contribution in [0.4, 0.5) is 0 Å². The molecule has 0 saturated carbocycles. The van der Waals surface area contributed by atoms with Crippen LogP contribution in [0.15, 0.2) is 85.5 Å². The number of nitrogens with zero attached hydrogens (tertiary/aromatic N) is 1. The molecule has 0 aliphatic carbocycles. The molecule has 0 atom stereocenters. The highest BCUT2D eigenvalue weighted by molar-refractivity contribution is 6.35. The number of hydrogen-bond acceptors (Lipinski definition) is 0. The number of benzene rings is 5. The minimum atomic E-state index is 1.21. The molecule has 5 aromatic carbocycles. The number of aromatic nitrogens is 1. The molecule has 0 spiro atoms. The van der Waals surface area contributed by atoms with Crippen LogP contribution >= 0.6 is 0 Å². The van der Waals surface area contributed by atoms with Crippen LogP contribution in [0.2, 0.25) is 0 Å². The number of aryl methyl sites for hydroxylation is 1. The van der Waals surface area contributed by atoms with Gasteiger partial charge in [0.05, 0.1) is 11.0 Å². The fourth-order valence-electron chi connectivity index (χ4n) is 5.46. The van der Waals surface area contributed by atoms with Gasteiger partial charge in [0.2, 0.25) is 0 Å². The molecule has 148 valence electrons.